The molecule has 1 aliphatic rings. The minimum absolute atomic E-state index is 0.123. The van der Waals surface area contributed by atoms with Crippen LogP contribution in [0.3, 0.4) is 0 Å². The summed E-state index contributed by atoms with van der Waals surface area (Å²) in [7, 11) is 0. The first-order chi connectivity index (χ1) is 33.5. The van der Waals surface area contributed by atoms with Crippen molar-refractivity contribution in [2.24, 2.45) is 11.5 Å². The Labute approximate surface area is 407 Å². The number of anilines is 1. The lowest BCUT2D eigenvalue weighted by Crippen LogP contribution is -2.48. The molecule has 16 heteroatoms. The molecular formula is C54H64N8O8. The van der Waals surface area contributed by atoms with Gasteiger partial charge in [0.05, 0.1) is 11.7 Å². The minimum Gasteiger partial charge on any atom is -0.480 e. The van der Waals surface area contributed by atoms with Crippen LogP contribution in [0.2, 0.25) is 0 Å². The third kappa shape index (κ3) is 16.1. The van der Waals surface area contributed by atoms with Gasteiger partial charge in [-0.25, -0.2) is 9.59 Å². The van der Waals surface area contributed by atoms with Crippen molar-refractivity contribution in [1.29, 1.82) is 10.8 Å². The molecular weight excluding hydrogens is 889 g/mol. The second-order valence-corrected chi connectivity index (χ2v) is 17.7. The molecule has 16 nitrogen and oxygen atoms in total. The maximum Gasteiger partial charge on any atom is 0.326 e. The number of ketones is 2. The topological polar surface area (TPSA) is 295 Å². The molecule has 0 aliphatic carbocycles. The van der Waals surface area contributed by atoms with Gasteiger partial charge >= 0.3 is 11.9 Å². The predicted octanol–water partition coefficient (Wildman–Crippen LogP) is 7.20. The van der Waals surface area contributed by atoms with Gasteiger partial charge in [0, 0.05) is 73.5 Å². The number of nitrogens with two attached hydrogens (primary N) is 2. The van der Waals surface area contributed by atoms with E-state index in [0.29, 0.717) is 49.8 Å². The maximum absolute atomic E-state index is 12.8. The highest BCUT2D eigenvalue weighted by Gasteiger charge is 2.33. The fraction of sp³-hybridized carbons (Fsp3) is 0.333. The van der Waals surface area contributed by atoms with Crippen LogP contribution in [0, 0.1) is 17.7 Å². The number of aryl methyl sites for hydroxylation is 1. The highest BCUT2D eigenvalue weighted by atomic mass is 16.4. The van der Waals surface area contributed by atoms with Crippen molar-refractivity contribution in [3.8, 4) is 0 Å². The van der Waals surface area contributed by atoms with Crippen LogP contribution in [0.5, 0.6) is 0 Å². The van der Waals surface area contributed by atoms with Gasteiger partial charge in [-0.2, -0.15) is 0 Å². The molecule has 0 radical (unpaired) electrons. The van der Waals surface area contributed by atoms with Crippen LogP contribution in [0.25, 0.3) is 16.5 Å². The number of amides is 2. The average Bonchev–Trinajstić information content (AvgIpc) is 3.85. The standard InChI is InChI=1S/2C27H32N4O4/c2*1-17-21-8-5-6-9-22(21)30-25(17)26(33)31-23(27(34)35)16-19-13-11-18(12-14-19)15-20(32)7-3-2-4-10-24(28)29/h5-6,8-9,11-14,23,30H,2-4,7,10,15-16H2,1H3,(H3,28,29)(H,31,33)(H,34,35);5-6,8-9,11-14,23,25,30H,1-4,7,10,15-16H2,(H3,28,29)(H,31,33)(H,34,35). The molecule has 4 aromatic carbocycles. The Kier molecular flexibility index (Phi) is 19.7. The maximum atomic E-state index is 12.8. The van der Waals surface area contributed by atoms with Gasteiger partial charge in [-0.05, 0) is 78.1 Å². The van der Waals surface area contributed by atoms with Crippen molar-refractivity contribution in [2.45, 2.75) is 115 Å². The SMILES string of the molecule is C=C1c2ccccc2NC1C(=O)NC(Cc1ccc(CC(=O)CCCCCC(=N)N)cc1)C(=O)O.Cc1c(C(=O)NC(Cc2ccc(CC(=O)CCCCCC(=N)N)cc2)C(=O)O)[nH]c2ccccc12. The Morgan fingerprint density at radius 1 is 0.629 bits per heavy atom. The van der Waals surface area contributed by atoms with E-state index < -0.39 is 41.9 Å². The van der Waals surface area contributed by atoms with E-state index in [0.717, 1.165) is 88.5 Å². The Balaban J connectivity index is 0.000000261. The van der Waals surface area contributed by atoms with Crippen LogP contribution in [0.15, 0.2) is 104 Å². The number of benzene rings is 4. The number of Topliss-reactive ketones (excluding diaryl/α,β-unsaturated/α-hetero) is 2. The first-order valence-corrected chi connectivity index (χ1v) is 23.5. The van der Waals surface area contributed by atoms with E-state index in [-0.39, 0.29) is 36.1 Å². The molecule has 368 valence electrons. The number of carbonyl (C=O) groups is 6. The second-order valence-electron chi connectivity index (χ2n) is 17.7. The molecule has 1 aliphatic heterocycles. The number of aromatic nitrogens is 1. The number of carboxylic acids is 2. The van der Waals surface area contributed by atoms with Gasteiger partial charge in [0.15, 0.2) is 0 Å². The zero-order valence-corrected chi connectivity index (χ0v) is 39.6. The molecule has 3 unspecified atom stereocenters. The zero-order valence-electron chi connectivity index (χ0n) is 39.6. The van der Waals surface area contributed by atoms with Crippen molar-refractivity contribution >= 4 is 69.2 Å². The monoisotopic (exact) mass is 952 g/mol. The van der Waals surface area contributed by atoms with E-state index in [1.54, 1.807) is 24.3 Å². The summed E-state index contributed by atoms with van der Waals surface area (Å²) in [5.41, 5.74) is 18.1. The molecule has 5 aromatic rings. The number of hydrogen-bond acceptors (Lipinski definition) is 9. The molecule has 0 bridgehead atoms. The summed E-state index contributed by atoms with van der Waals surface area (Å²) in [6.07, 6.45) is 7.91. The minimum atomic E-state index is -1.12. The van der Waals surface area contributed by atoms with Crippen LogP contribution in [-0.2, 0) is 49.7 Å². The second kappa shape index (κ2) is 26.0. The van der Waals surface area contributed by atoms with Crippen LogP contribution in [-0.4, -0.2) is 80.3 Å². The van der Waals surface area contributed by atoms with Gasteiger partial charge in [-0.1, -0.05) is 104 Å². The Bertz CT molecular complexity index is 2690. The summed E-state index contributed by atoms with van der Waals surface area (Å²) in [6, 6.07) is 26.5. The first-order valence-electron chi connectivity index (χ1n) is 23.5. The normalized spacial score (nSPS) is 13.4. The van der Waals surface area contributed by atoms with E-state index in [2.05, 4.69) is 27.5 Å². The number of para-hydroxylation sites is 2. The van der Waals surface area contributed by atoms with Crippen molar-refractivity contribution < 1.29 is 39.0 Å². The number of aromatic amines is 1. The highest BCUT2D eigenvalue weighted by Crippen LogP contribution is 2.33. The summed E-state index contributed by atoms with van der Waals surface area (Å²) in [5, 5.41) is 43.0. The number of amidine groups is 2. The Morgan fingerprint density at radius 3 is 1.57 bits per heavy atom. The number of nitrogens with one attached hydrogen (secondary N) is 6. The van der Waals surface area contributed by atoms with Gasteiger partial charge < -0.3 is 42.6 Å². The largest absolute Gasteiger partial charge is 0.480 e. The number of hydrogen-bond donors (Lipinski definition) is 10. The van der Waals surface area contributed by atoms with Crippen molar-refractivity contribution in [3.63, 3.8) is 0 Å². The van der Waals surface area contributed by atoms with E-state index in [4.69, 9.17) is 22.3 Å². The summed E-state index contributed by atoms with van der Waals surface area (Å²) < 4.78 is 0. The summed E-state index contributed by atoms with van der Waals surface area (Å²) in [6.45, 7) is 5.82. The number of carboxylic acid groups (broad SMARTS) is 2. The van der Waals surface area contributed by atoms with Crippen molar-refractivity contribution in [1.82, 2.24) is 15.6 Å². The van der Waals surface area contributed by atoms with E-state index in [1.807, 2.05) is 79.7 Å². The van der Waals surface area contributed by atoms with Crippen LogP contribution < -0.4 is 27.4 Å². The quantitative estimate of drug-likeness (QED) is 0.0150. The molecule has 6 rings (SSSR count). The number of fused-ring (bicyclic) bond motifs is 2. The van der Waals surface area contributed by atoms with Gasteiger partial charge in [-0.3, -0.25) is 30.0 Å². The van der Waals surface area contributed by atoms with Crippen LogP contribution in [0.4, 0.5) is 5.69 Å². The number of aliphatic carboxylic acids is 2. The van der Waals surface area contributed by atoms with Crippen molar-refractivity contribution in [2.75, 3.05) is 5.32 Å². The molecule has 70 heavy (non-hydrogen) atoms. The number of carbonyl (C=O) groups excluding carboxylic acids is 4. The van der Waals surface area contributed by atoms with Gasteiger partial charge in [0.2, 0.25) is 5.91 Å². The number of rotatable bonds is 26. The smallest absolute Gasteiger partial charge is 0.326 e. The zero-order chi connectivity index (χ0) is 50.7. The van der Waals surface area contributed by atoms with Gasteiger partial charge in [0.1, 0.15) is 35.4 Å². The molecule has 0 saturated heterocycles. The lowest BCUT2D eigenvalue weighted by Gasteiger charge is -2.19. The number of unbranched alkanes of at least 4 members (excludes halogenated alkanes) is 4. The number of H-pyrrole nitrogens is 1. The molecule has 2 amide bonds. The molecule has 0 saturated carbocycles. The van der Waals surface area contributed by atoms with E-state index in [9.17, 15) is 39.0 Å². The molecule has 0 fully saturated rings. The third-order valence-corrected chi connectivity index (χ3v) is 12.1. The van der Waals surface area contributed by atoms with Crippen LogP contribution >= 0.6 is 0 Å². The summed E-state index contributed by atoms with van der Waals surface area (Å²) in [5.74, 6) is -2.51. The molecule has 2 heterocycles. The lowest BCUT2D eigenvalue weighted by atomic mass is 9.99. The van der Waals surface area contributed by atoms with Gasteiger partial charge in [0.25, 0.3) is 5.91 Å². The molecule has 1 aromatic heterocycles. The van der Waals surface area contributed by atoms with Crippen LogP contribution in [0.1, 0.15) is 108 Å². The molecule has 12 N–H and O–H groups in total. The predicted molar refractivity (Wildman–Crippen MR) is 272 cm³/mol. The lowest BCUT2D eigenvalue weighted by molar-refractivity contribution is -0.141. The third-order valence-electron chi connectivity index (χ3n) is 12.1. The van der Waals surface area contributed by atoms with Crippen molar-refractivity contribution in [3.05, 3.63) is 143 Å². The molecule has 3 atom stereocenters. The Morgan fingerprint density at radius 2 is 1.09 bits per heavy atom. The fourth-order valence-corrected chi connectivity index (χ4v) is 8.22. The Hall–Kier alpha value is -7.88. The van der Waals surface area contributed by atoms with E-state index in [1.165, 1.54) is 0 Å². The molecule has 0 spiro atoms. The fourth-order valence-electron chi connectivity index (χ4n) is 8.22. The van der Waals surface area contributed by atoms with E-state index >= 15 is 0 Å². The highest BCUT2D eigenvalue weighted by molar-refractivity contribution is 6.05. The average molecular weight is 953 g/mol. The summed E-state index contributed by atoms with van der Waals surface area (Å²) in [4.78, 5) is 76.8. The summed E-state index contributed by atoms with van der Waals surface area (Å²) >= 11 is 0. The van der Waals surface area contributed by atoms with Gasteiger partial charge in [-0.15, -0.1) is 0 Å². The first kappa shape index (κ1) is 53.1.